The van der Waals surface area contributed by atoms with Crippen molar-refractivity contribution >= 4 is 11.5 Å². The van der Waals surface area contributed by atoms with Crippen LogP contribution < -0.4 is 15.8 Å². The van der Waals surface area contributed by atoms with E-state index in [9.17, 15) is 9.90 Å². The lowest BCUT2D eigenvalue weighted by Crippen LogP contribution is -2.47. The maximum Gasteiger partial charge on any atom is 0.252 e. The molecule has 2 N–H and O–H groups in total. The molecule has 1 saturated carbocycles. The highest BCUT2D eigenvalue weighted by Gasteiger charge is 2.32. The van der Waals surface area contributed by atoms with Crippen molar-refractivity contribution in [3.63, 3.8) is 0 Å². The molecule has 4 heterocycles. The normalized spacial score (nSPS) is 22.1. The predicted octanol–water partition coefficient (Wildman–Crippen LogP) is 4.17. The summed E-state index contributed by atoms with van der Waals surface area (Å²) in [5.74, 6) is 1.34. The monoisotopic (exact) mass is 489 g/mol. The number of nitrogens with zero attached hydrogens (tertiary/aromatic N) is 4. The van der Waals surface area contributed by atoms with Gasteiger partial charge in [-0.05, 0) is 63.6 Å². The molecule has 8 nitrogen and oxygen atoms in total. The summed E-state index contributed by atoms with van der Waals surface area (Å²) in [7, 11) is 1.80. The summed E-state index contributed by atoms with van der Waals surface area (Å²) in [5, 5.41) is 13.7. The summed E-state index contributed by atoms with van der Waals surface area (Å²) in [6.07, 6.45) is 10.0. The predicted molar refractivity (Wildman–Crippen MR) is 141 cm³/mol. The Hall–Kier alpha value is -3.23. The van der Waals surface area contributed by atoms with Crippen molar-refractivity contribution in [2.75, 3.05) is 30.4 Å². The Labute approximate surface area is 212 Å². The fraction of sp³-hybridized carbons (Fsp3) is 0.464. The Morgan fingerprint density at radius 1 is 1.08 bits per heavy atom. The number of hydrogen-bond donors (Lipinski definition) is 2. The van der Waals surface area contributed by atoms with Gasteiger partial charge in [-0.1, -0.05) is 12.1 Å². The third-order valence-corrected chi connectivity index (χ3v) is 7.47. The van der Waals surface area contributed by atoms with Crippen LogP contribution in [0.5, 0.6) is 0 Å². The quantitative estimate of drug-likeness (QED) is 0.537. The van der Waals surface area contributed by atoms with Gasteiger partial charge < -0.3 is 20.1 Å². The molecule has 0 saturated heterocycles. The first-order valence-electron chi connectivity index (χ1n) is 12.7. The minimum atomic E-state index is -0.995. The van der Waals surface area contributed by atoms with Crippen molar-refractivity contribution in [1.29, 1.82) is 0 Å². The van der Waals surface area contributed by atoms with Gasteiger partial charge in [-0.15, -0.1) is 0 Å². The fourth-order valence-corrected chi connectivity index (χ4v) is 5.33. The minimum Gasteiger partial charge on any atom is -0.384 e. The SMILES string of the molecule is COC1CCC(CN2c3cc(-c4ccc(C(C)(C)O)nc4)cnc3NCC2n2ccccc2=O)CC1. The van der Waals surface area contributed by atoms with E-state index in [-0.39, 0.29) is 11.7 Å². The van der Waals surface area contributed by atoms with Crippen LogP contribution in [0.15, 0.2) is 59.8 Å². The topological polar surface area (TPSA) is 92.5 Å². The molecule has 1 unspecified atom stereocenters. The maximum absolute atomic E-state index is 12.8. The Morgan fingerprint density at radius 3 is 2.53 bits per heavy atom. The molecule has 3 aromatic heterocycles. The van der Waals surface area contributed by atoms with E-state index in [1.807, 2.05) is 35.2 Å². The number of fused-ring (bicyclic) bond motifs is 1. The Bertz CT molecular complexity index is 1240. The molecule has 0 radical (unpaired) electrons. The summed E-state index contributed by atoms with van der Waals surface area (Å²) in [6, 6.07) is 11.3. The fourth-order valence-electron chi connectivity index (χ4n) is 5.33. The number of hydrogen-bond acceptors (Lipinski definition) is 7. The molecule has 1 aliphatic heterocycles. The number of aromatic nitrogens is 3. The molecule has 0 spiro atoms. The van der Waals surface area contributed by atoms with Crippen molar-refractivity contribution in [2.24, 2.45) is 5.92 Å². The van der Waals surface area contributed by atoms with Crippen LogP contribution in [-0.4, -0.2) is 45.9 Å². The Kier molecular flexibility index (Phi) is 6.81. The first kappa shape index (κ1) is 24.5. The number of aliphatic hydroxyl groups is 1. The highest BCUT2D eigenvalue weighted by atomic mass is 16.5. The standard InChI is InChI=1S/C28H35N5O3/c1-28(2,35)24-12-9-20(15-29-24)21-14-23-27(30-16-21)31-17-25(32-13-5-4-6-26(32)34)33(23)18-19-7-10-22(36-3)11-8-19/h4-6,9,12-16,19,22,25,35H,7-8,10-11,17-18H2,1-3H3,(H,30,31). The Balaban J connectivity index is 1.50. The smallest absolute Gasteiger partial charge is 0.252 e. The molecule has 8 heteroatoms. The molecule has 0 aromatic carbocycles. The molecule has 3 aromatic rings. The largest absolute Gasteiger partial charge is 0.384 e. The molecule has 36 heavy (non-hydrogen) atoms. The maximum atomic E-state index is 12.8. The number of anilines is 2. The summed E-state index contributed by atoms with van der Waals surface area (Å²) in [5.41, 5.74) is 2.47. The van der Waals surface area contributed by atoms with E-state index in [1.54, 1.807) is 39.3 Å². The summed E-state index contributed by atoms with van der Waals surface area (Å²) < 4.78 is 7.39. The van der Waals surface area contributed by atoms with Gasteiger partial charge in [-0.2, -0.15) is 0 Å². The zero-order valence-electron chi connectivity index (χ0n) is 21.2. The van der Waals surface area contributed by atoms with Crippen molar-refractivity contribution in [3.8, 4) is 11.1 Å². The van der Waals surface area contributed by atoms with Gasteiger partial charge in [0.2, 0.25) is 0 Å². The van der Waals surface area contributed by atoms with Crippen molar-refractivity contribution in [2.45, 2.75) is 57.4 Å². The van der Waals surface area contributed by atoms with Gasteiger partial charge in [0.1, 0.15) is 17.6 Å². The number of nitrogens with one attached hydrogen (secondary N) is 1. The van der Waals surface area contributed by atoms with Crippen LogP contribution in [-0.2, 0) is 10.3 Å². The van der Waals surface area contributed by atoms with E-state index >= 15 is 0 Å². The van der Waals surface area contributed by atoms with Gasteiger partial charge in [0.05, 0.1) is 24.0 Å². The zero-order chi connectivity index (χ0) is 25.3. The van der Waals surface area contributed by atoms with E-state index in [2.05, 4.69) is 21.3 Å². The molecular weight excluding hydrogens is 454 g/mol. The van der Waals surface area contributed by atoms with Crippen LogP contribution in [0.2, 0.25) is 0 Å². The first-order valence-corrected chi connectivity index (χ1v) is 12.7. The van der Waals surface area contributed by atoms with E-state index in [4.69, 9.17) is 9.72 Å². The average Bonchev–Trinajstić information content (AvgIpc) is 2.89. The number of ether oxygens (including phenoxy) is 1. The minimum absolute atomic E-state index is 0.0173. The molecule has 0 amide bonds. The second kappa shape index (κ2) is 10.0. The molecule has 0 bridgehead atoms. The van der Waals surface area contributed by atoms with Gasteiger partial charge in [0.25, 0.3) is 5.56 Å². The lowest BCUT2D eigenvalue weighted by atomic mass is 9.86. The highest BCUT2D eigenvalue weighted by molar-refractivity contribution is 5.76. The van der Waals surface area contributed by atoms with Gasteiger partial charge in [0, 0.05) is 49.4 Å². The van der Waals surface area contributed by atoms with E-state index in [0.29, 0.717) is 24.3 Å². The van der Waals surface area contributed by atoms with Crippen molar-refractivity contribution in [3.05, 3.63) is 71.0 Å². The zero-order valence-corrected chi connectivity index (χ0v) is 21.2. The van der Waals surface area contributed by atoms with Crippen LogP contribution in [0.25, 0.3) is 11.1 Å². The van der Waals surface area contributed by atoms with Crippen molar-refractivity contribution in [1.82, 2.24) is 14.5 Å². The molecule has 1 aliphatic carbocycles. The van der Waals surface area contributed by atoms with Gasteiger partial charge in [0.15, 0.2) is 0 Å². The summed E-state index contributed by atoms with van der Waals surface area (Å²) in [4.78, 5) is 24.4. The van der Waals surface area contributed by atoms with Crippen molar-refractivity contribution < 1.29 is 9.84 Å². The van der Waals surface area contributed by atoms with Crippen LogP contribution in [0.1, 0.15) is 51.4 Å². The third-order valence-electron chi connectivity index (χ3n) is 7.47. The molecular formula is C28H35N5O3. The number of pyridine rings is 3. The lowest BCUT2D eigenvalue weighted by Gasteiger charge is -2.42. The summed E-state index contributed by atoms with van der Waals surface area (Å²) in [6.45, 7) is 4.90. The van der Waals surface area contributed by atoms with E-state index in [1.165, 1.54) is 0 Å². The first-order chi connectivity index (χ1) is 17.3. The van der Waals surface area contributed by atoms with Gasteiger partial charge in [-0.25, -0.2) is 4.98 Å². The molecule has 1 fully saturated rings. The number of methoxy groups -OCH3 is 1. The van der Waals surface area contributed by atoms with Crippen LogP contribution >= 0.6 is 0 Å². The molecule has 5 rings (SSSR count). The number of rotatable bonds is 6. The van der Waals surface area contributed by atoms with Crippen LogP contribution in [0.4, 0.5) is 11.5 Å². The summed E-state index contributed by atoms with van der Waals surface area (Å²) >= 11 is 0. The molecule has 1 atom stereocenters. The van der Waals surface area contributed by atoms with E-state index < -0.39 is 5.60 Å². The third kappa shape index (κ3) is 5.01. The lowest BCUT2D eigenvalue weighted by molar-refractivity contribution is 0.0572. The van der Waals surface area contributed by atoms with Crippen LogP contribution in [0.3, 0.4) is 0 Å². The molecule has 190 valence electrons. The second-order valence-electron chi connectivity index (χ2n) is 10.4. The van der Waals surface area contributed by atoms with E-state index in [0.717, 1.165) is 54.9 Å². The van der Waals surface area contributed by atoms with Crippen LogP contribution in [0, 0.1) is 5.92 Å². The Morgan fingerprint density at radius 2 is 1.86 bits per heavy atom. The highest BCUT2D eigenvalue weighted by Crippen LogP contribution is 2.39. The molecule has 2 aliphatic rings. The second-order valence-corrected chi connectivity index (χ2v) is 10.4. The van der Waals surface area contributed by atoms with Gasteiger partial charge in [-0.3, -0.25) is 14.3 Å². The average molecular weight is 490 g/mol. The van der Waals surface area contributed by atoms with Gasteiger partial charge >= 0.3 is 0 Å².